The highest BCUT2D eigenvalue weighted by Gasteiger charge is 2.17. The number of amides is 1. The SMILES string of the molecule is CCc1nc2c(sc3ncccc32)c(=O)n1CC(=O)Nc1cccc(C(C)C)c1. The Kier molecular flexibility index (Phi) is 5.15. The van der Waals surface area contributed by atoms with E-state index in [1.165, 1.54) is 15.9 Å². The molecule has 1 N–H and O–H groups in total. The number of benzene rings is 1. The van der Waals surface area contributed by atoms with Crippen molar-refractivity contribution in [3.05, 3.63) is 64.3 Å². The molecule has 0 unspecified atom stereocenters. The molecule has 4 rings (SSSR count). The fraction of sp³-hybridized carbons (Fsp3) is 0.273. The Labute approximate surface area is 172 Å². The van der Waals surface area contributed by atoms with Crippen molar-refractivity contribution < 1.29 is 4.79 Å². The van der Waals surface area contributed by atoms with Gasteiger partial charge >= 0.3 is 0 Å². The van der Waals surface area contributed by atoms with Gasteiger partial charge in [-0.25, -0.2) is 9.97 Å². The summed E-state index contributed by atoms with van der Waals surface area (Å²) in [6.07, 6.45) is 2.26. The quantitative estimate of drug-likeness (QED) is 0.535. The third-order valence-electron chi connectivity index (χ3n) is 4.89. The Morgan fingerprint density at radius 2 is 2.07 bits per heavy atom. The molecule has 7 heteroatoms. The van der Waals surface area contributed by atoms with Crippen molar-refractivity contribution in [1.82, 2.24) is 14.5 Å². The summed E-state index contributed by atoms with van der Waals surface area (Å²) >= 11 is 1.32. The van der Waals surface area contributed by atoms with E-state index >= 15 is 0 Å². The molecule has 0 saturated carbocycles. The summed E-state index contributed by atoms with van der Waals surface area (Å²) in [6, 6.07) is 11.5. The molecule has 0 aliphatic rings. The number of fused-ring (bicyclic) bond motifs is 3. The van der Waals surface area contributed by atoms with Crippen molar-refractivity contribution in [1.29, 1.82) is 0 Å². The van der Waals surface area contributed by atoms with Gasteiger partial charge in [0.2, 0.25) is 5.91 Å². The second-order valence-electron chi connectivity index (χ2n) is 7.24. The maximum atomic E-state index is 13.1. The summed E-state index contributed by atoms with van der Waals surface area (Å²) in [5, 5.41) is 3.78. The van der Waals surface area contributed by atoms with E-state index in [1.807, 2.05) is 43.3 Å². The fourth-order valence-corrected chi connectivity index (χ4v) is 4.39. The molecule has 4 aromatic rings. The summed E-state index contributed by atoms with van der Waals surface area (Å²) in [4.78, 5) is 35.6. The monoisotopic (exact) mass is 406 g/mol. The lowest BCUT2D eigenvalue weighted by Crippen LogP contribution is -2.30. The number of nitrogens with one attached hydrogen (secondary N) is 1. The number of carbonyl (C=O) groups excluding carboxylic acids is 1. The van der Waals surface area contributed by atoms with Crippen LogP contribution in [-0.4, -0.2) is 20.4 Å². The van der Waals surface area contributed by atoms with Crippen LogP contribution in [0.2, 0.25) is 0 Å². The van der Waals surface area contributed by atoms with Gasteiger partial charge in [-0.05, 0) is 35.7 Å². The van der Waals surface area contributed by atoms with Gasteiger partial charge in [-0.1, -0.05) is 32.9 Å². The maximum Gasteiger partial charge on any atom is 0.272 e. The molecule has 0 atom stereocenters. The average Bonchev–Trinajstić information content (AvgIpc) is 3.09. The van der Waals surface area contributed by atoms with Gasteiger partial charge in [-0.15, -0.1) is 11.3 Å². The highest BCUT2D eigenvalue weighted by atomic mass is 32.1. The van der Waals surface area contributed by atoms with Crippen LogP contribution >= 0.6 is 11.3 Å². The number of carbonyl (C=O) groups is 1. The van der Waals surface area contributed by atoms with Crippen LogP contribution in [0.4, 0.5) is 5.69 Å². The molecule has 0 saturated heterocycles. The standard InChI is InChI=1S/C22H22N4O2S/c1-4-17-25-19-16-9-6-10-23-21(16)29-20(19)22(28)26(17)12-18(27)24-15-8-5-7-14(11-15)13(2)3/h5-11,13H,4,12H2,1-3H3,(H,24,27). The molecule has 0 bridgehead atoms. The van der Waals surface area contributed by atoms with E-state index in [-0.39, 0.29) is 18.0 Å². The molecule has 0 aliphatic heterocycles. The maximum absolute atomic E-state index is 13.1. The molecule has 148 valence electrons. The number of aromatic nitrogens is 3. The van der Waals surface area contributed by atoms with Crippen LogP contribution in [0, 0.1) is 0 Å². The molecular weight excluding hydrogens is 384 g/mol. The van der Waals surface area contributed by atoms with E-state index in [4.69, 9.17) is 4.98 Å². The summed E-state index contributed by atoms with van der Waals surface area (Å²) in [5.41, 5.74) is 2.35. The number of nitrogens with zero attached hydrogens (tertiary/aromatic N) is 3. The molecule has 3 heterocycles. The van der Waals surface area contributed by atoms with Crippen molar-refractivity contribution >= 4 is 43.4 Å². The minimum Gasteiger partial charge on any atom is -0.325 e. The van der Waals surface area contributed by atoms with Crippen molar-refractivity contribution in [2.45, 2.75) is 39.7 Å². The first-order valence-electron chi connectivity index (χ1n) is 9.64. The Balaban J connectivity index is 1.69. The van der Waals surface area contributed by atoms with Crippen LogP contribution in [0.25, 0.3) is 20.4 Å². The summed E-state index contributed by atoms with van der Waals surface area (Å²) in [5.74, 6) is 0.717. The number of aryl methyl sites for hydroxylation is 1. The second kappa shape index (κ2) is 7.75. The molecule has 1 amide bonds. The van der Waals surface area contributed by atoms with Crippen LogP contribution in [0.5, 0.6) is 0 Å². The van der Waals surface area contributed by atoms with E-state index in [0.717, 1.165) is 21.5 Å². The molecule has 29 heavy (non-hydrogen) atoms. The van der Waals surface area contributed by atoms with Gasteiger partial charge in [0.05, 0.1) is 5.52 Å². The Hall–Kier alpha value is -3.06. The van der Waals surface area contributed by atoms with Gasteiger partial charge in [0.25, 0.3) is 5.56 Å². The van der Waals surface area contributed by atoms with Gasteiger partial charge < -0.3 is 5.32 Å². The van der Waals surface area contributed by atoms with E-state index in [9.17, 15) is 9.59 Å². The van der Waals surface area contributed by atoms with Crippen molar-refractivity contribution in [3.8, 4) is 0 Å². The minimum atomic E-state index is -0.247. The zero-order valence-corrected chi connectivity index (χ0v) is 17.4. The molecule has 1 aromatic carbocycles. The normalized spacial score (nSPS) is 11.4. The molecule has 0 aliphatic carbocycles. The van der Waals surface area contributed by atoms with Gasteiger partial charge in [-0.2, -0.15) is 0 Å². The molecular formula is C22H22N4O2S. The second-order valence-corrected chi connectivity index (χ2v) is 8.24. The zero-order valence-electron chi connectivity index (χ0n) is 16.6. The highest BCUT2D eigenvalue weighted by molar-refractivity contribution is 7.25. The van der Waals surface area contributed by atoms with Crippen molar-refractivity contribution in [3.63, 3.8) is 0 Å². The minimum absolute atomic E-state index is 0.0709. The molecule has 6 nitrogen and oxygen atoms in total. The predicted octanol–water partition coefficient (Wildman–Crippen LogP) is 4.33. The molecule has 3 aromatic heterocycles. The summed E-state index contributed by atoms with van der Waals surface area (Å²) in [6.45, 7) is 6.07. The van der Waals surface area contributed by atoms with Crippen LogP contribution in [0.15, 0.2) is 47.4 Å². The molecule has 0 fully saturated rings. The van der Waals surface area contributed by atoms with E-state index in [1.54, 1.807) is 6.20 Å². The van der Waals surface area contributed by atoms with E-state index in [2.05, 4.69) is 24.1 Å². The topological polar surface area (TPSA) is 76.9 Å². The lowest BCUT2D eigenvalue weighted by Gasteiger charge is -2.13. The van der Waals surface area contributed by atoms with Gasteiger partial charge in [0.15, 0.2) is 0 Å². The highest BCUT2D eigenvalue weighted by Crippen LogP contribution is 2.28. The van der Waals surface area contributed by atoms with Crippen LogP contribution in [0.3, 0.4) is 0 Å². The lowest BCUT2D eigenvalue weighted by atomic mass is 10.0. The molecule has 0 radical (unpaired) electrons. The Morgan fingerprint density at radius 3 is 2.83 bits per heavy atom. The number of thiophene rings is 1. The average molecular weight is 407 g/mol. The zero-order chi connectivity index (χ0) is 20.5. The van der Waals surface area contributed by atoms with Gasteiger partial charge in [0, 0.05) is 23.7 Å². The predicted molar refractivity (Wildman–Crippen MR) is 118 cm³/mol. The van der Waals surface area contributed by atoms with Crippen molar-refractivity contribution in [2.24, 2.45) is 0 Å². The summed E-state index contributed by atoms with van der Waals surface area (Å²) < 4.78 is 2.00. The number of rotatable bonds is 5. The number of anilines is 1. The van der Waals surface area contributed by atoms with Crippen LogP contribution in [0.1, 0.15) is 38.1 Å². The first-order valence-corrected chi connectivity index (χ1v) is 10.5. The van der Waals surface area contributed by atoms with Crippen molar-refractivity contribution in [2.75, 3.05) is 5.32 Å². The van der Waals surface area contributed by atoms with E-state index < -0.39 is 0 Å². The third kappa shape index (κ3) is 3.65. The Bertz CT molecular complexity index is 1270. The molecule has 0 spiro atoms. The lowest BCUT2D eigenvalue weighted by molar-refractivity contribution is -0.116. The number of pyridine rings is 1. The number of hydrogen-bond acceptors (Lipinski definition) is 5. The number of hydrogen-bond donors (Lipinski definition) is 1. The largest absolute Gasteiger partial charge is 0.325 e. The first kappa shape index (κ1) is 19.3. The van der Waals surface area contributed by atoms with Crippen LogP contribution in [-0.2, 0) is 17.8 Å². The fourth-order valence-electron chi connectivity index (χ4n) is 3.36. The van der Waals surface area contributed by atoms with E-state index in [0.29, 0.717) is 28.4 Å². The third-order valence-corrected chi connectivity index (χ3v) is 5.98. The van der Waals surface area contributed by atoms with Crippen LogP contribution < -0.4 is 10.9 Å². The Morgan fingerprint density at radius 1 is 1.24 bits per heavy atom. The summed E-state index contributed by atoms with van der Waals surface area (Å²) in [7, 11) is 0. The van der Waals surface area contributed by atoms with Gasteiger partial charge in [0.1, 0.15) is 21.9 Å². The smallest absolute Gasteiger partial charge is 0.272 e. The van der Waals surface area contributed by atoms with Gasteiger partial charge in [-0.3, -0.25) is 14.2 Å². The first-order chi connectivity index (χ1) is 14.0.